The van der Waals surface area contributed by atoms with Crippen LogP contribution in [0.3, 0.4) is 0 Å². The molecule has 0 aliphatic carbocycles. The summed E-state index contributed by atoms with van der Waals surface area (Å²) in [6.07, 6.45) is 5.56. The Morgan fingerprint density at radius 1 is 1.25 bits per heavy atom. The normalized spacial score (nSPS) is 20.8. The Labute approximate surface area is 150 Å². The van der Waals surface area contributed by atoms with E-state index in [1.54, 1.807) is 11.3 Å². The largest absolute Gasteiger partial charge is 0.298 e. The van der Waals surface area contributed by atoms with Gasteiger partial charge in [0, 0.05) is 29.3 Å². The second kappa shape index (κ2) is 7.11. The van der Waals surface area contributed by atoms with Crippen molar-refractivity contribution >= 4 is 30.7 Å². The molecule has 1 aromatic heterocycles. The lowest BCUT2D eigenvalue weighted by Gasteiger charge is -2.19. The quantitative estimate of drug-likeness (QED) is 0.573. The summed E-state index contributed by atoms with van der Waals surface area (Å²) >= 11 is 1.75. The predicted molar refractivity (Wildman–Crippen MR) is 108 cm³/mol. The first-order valence-electron chi connectivity index (χ1n) is 8.52. The van der Waals surface area contributed by atoms with E-state index < -0.39 is 8.07 Å². The van der Waals surface area contributed by atoms with E-state index in [1.165, 1.54) is 35.5 Å². The first kappa shape index (κ1) is 17.2. The molecule has 0 bridgehead atoms. The van der Waals surface area contributed by atoms with Gasteiger partial charge in [0.2, 0.25) is 0 Å². The summed E-state index contributed by atoms with van der Waals surface area (Å²) in [7, 11) is 0.881. The molecule has 1 fully saturated rings. The fourth-order valence-electron chi connectivity index (χ4n) is 3.02. The molecule has 24 heavy (non-hydrogen) atoms. The molecule has 0 amide bonds. The number of nitrogens with zero attached hydrogens (tertiary/aromatic N) is 2. The van der Waals surface area contributed by atoms with Crippen LogP contribution in [0.1, 0.15) is 29.0 Å². The van der Waals surface area contributed by atoms with Crippen molar-refractivity contribution in [2.75, 3.05) is 13.6 Å². The van der Waals surface area contributed by atoms with Crippen LogP contribution >= 0.6 is 11.3 Å². The molecule has 0 spiro atoms. The van der Waals surface area contributed by atoms with Gasteiger partial charge in [-0.1, -0.05) is 19.6 Å². The lowest BCUT2D eigenvalue weighted by atomic mass is 10.0. The van der Waals surface area contributed by atoms with E-state index in [2.05, 4.69) is 73.2 Å². The molecule has 3 rings (SSSR count). The van der Waals surface area contributed by atoms with Gasteiger partial charge in [0.05, 0.1) is 4.88 Å². The standard InChI is InChI=1S/C20H24N2SSi/c1-22-12-7-9-19(22)18-14-16(15-21-18)20-11-10-17(23-20)8-5-6-13-24(2,3)4/h10-11,15,19H,7,9,12,14H2,1-4H3/t19-/m0/s1. The summed E-state index contributed by atoms with van der Waals surface area (Å²) in [6.45, 7) is 7.89. The Morgan fingerprint density at radius 3 is 2.79 bits per heavy atom. The Kier molecular flexibility index (Phi) is 5.11. The van der Waals surface area contributed by atoms with E-state index in [1.807, 2.05) is 0 Å². The van der Waals surface area contributed by atoms with E-state index in [4.69, 9.17) is 4.99 Å². The van der Waals surface area contributed by atoms with E-state index in [0.29, 0.717) is 6.04 Å². The summed E-state index contributed by atoms with van der Waals surface area (Å²) in [4.78, 5) is 9.51. The van der Waals surface area contributed by atoms with Gasteiger partial charge < -0.3 is 0 Å². The molecule has 124 valence electrons. The first-order chi connectivity index (χ1) is 11.4. The van der Waals surface area contributed by atoms with E-state index in [0.717, 1.165) is 11.3 Å². The maximum Gasteiger partial charge on any atom is 0.130 e. The van der Waals surface area contributed by atoms with Crippen LogP contribution in [0.25, 0.3) is 5.57 Å². The molecule has 2 aliphatic rings. The second-order valence-electron chi connectivity index (χ2n) is 7.50. The number of allylic oxidation sites excluding steroid dienone is 1. The number of hydrogen-bond donors (Lipinski definition) is 0. The van der Waals surface area contributed by atoms with Crippen molar-refractivity contribution in [1.29, 1.82) is 0 Å². The van der Waals surface area contributed by atoms with Gasteiger partial charge in [-0.2, -0.15) is 0 Å². The summed E-state index contributed by atoms with van der Waals surface area (Å²) in [5.74, 6) is 9.20. The molecule has 0 unspecified atom stereocenters. The van der Waals surface area contributed by atoms with Gasteiger partial charge >= 0.3 is 0 Å². The Morgan fingerprint density at radius 2 is 2.08 bits per heavy atom. The van der Waals surface area contributed by atoms with Gasteiger partial charge in [-0.15, -0.1) is 16.9 Å². The van der Waals surface area contributed by atoms with Crippen LogP contribution in [-0.4, -0.2) is 38.3 Å². The zero-order chi connectivity index (χ0) is 17.2. The highest BCUT2D eigenvalue weighted by Gasteiger charge is 2.28. The Hall–Kier alpha value is -1.59. The summed E-state index contributed by atoms with van der Waals surface area (Å²) in [5.41, 5.74) is 5.94. The fourth-order valence-corrected chi connectivity index (χ4v) is 4.33. The van der Waals surface area contributed by atoms with Crippen molar-refractivity contribution in [3.8, 4) is 23.3 Å². The van der Waals surface area contributed by atoms with Gasteiger partial charge in [0.1, 0.15) is 8.07 Å². The zero-order valence-electron chi connectivity index (χ0n) is 14.9. The molecule has 0 saturated carbocycles. The zero-order valence-corrected chi connectivity index (χ0v) is 16.8. The Balaban J connectivity index is 1.63. The van der Waals surface area contributed by atoms with E-state index in [-0.39, 0.29) is 0 Å². The highest BCUT2D eigenvalue weighted by Crippen LogP contribution is 2.32. The molecule has 4 heteroatoms. The summed E-state index contributed by atoms with van der Waals surface area (Å²) in [6, 6.07) is 4.81. The molecule has 2 nitrogen and oxygen atoms in total. The maximum absolute atomic E-state index is 4.70. The van der Waals surface area contributed by atoms with Crippen molar-refractivity contribution in [3.05, 3.63) is 28.1 Å². The van der Waals surface area contributed by atoms with Crippen molar-refractivity contribution < 1.29 is 0 Å². The first-order valence-corrected chi connectivity index (χ1v) is 12.8. The number of aliphatic imine (C=N–C) groups is 1. The molecular weight excluding hydrogens is 328 g/mol. The SMILES string of the molecule is CN1CCC[C@H]1C1=NC=C(c2ccc(C#CC#C[Si](C)(C)C)s2)C1. The number of hydrogen-bond acceptors (Lipinski definition) is 3. The van der Waals surface area contributed by atoms with Crippen molar-refractivity contribution in [2.45, 2.75) is 44.9 Å². The van der Waals surface area contributed by atoms with Crippen LogP contribution in [0, 0.1) is 23.3 Å². The molecule has 1 aromatic rings. The monoisotopic (exact) mass is 352 g/mol. The van der Waals surface area contributed by atoms with Crippen LogP contribution in [0.5, 0.6) is 0 Å². The number of thiophene rings is 1. The van der Waals surface area contributed by atoms with Gasteiger partial charge in [-0.25, -0.2) is 0 Å². The third-order valence-electron chi connectivity index (χ3n) is 4.27. The second-order valence-corrected chi connectivity index (χ2v) is 13.3. The van der Waals surface area contributed by atoms with Gasteiger partial charge in [-0.3, -0.25) is 9.89 Å². The highest BCUT2D eigenvalue weighted by atomic mass is 32.1. The molecule has 1 atom stereocenters. The minimum Gasteiger partial charge on any atom is -0.298 e. The summed E-state index contributed by atoms with van der Waals surface area (Å²) < 4.78 is 0. The Bertz CT molecular complexity index is 802. The fraction of sp³-hybridized carbons (Fsp3) is 0.450. The van der Waals surface area contributed by atoms with Gasteiger partial charge in [0.25, 0.3) is 0 Å². The van der Waals surface area contributed by atoms with Gasteiger partial charge in [0.15, 0.2) is 0 Å². The topological polar surface area (TPSA) is 15.6 Å². The van der Waals surface area contributed by atoms with Crippen LogP contribution in [0.15, 0.2) is 23.3 Å². The molecular formula is C20H24N2SSi. The minimum atomic E-state index is -1.33. The average molecular weight is 353 g/mol. The van der Waals surface area contributed by atoms with E-state index >= 15 is 0 Å². The summed E-state index contributed by atoms with van der Waals surface area (Å²) in [5, 5.41) is 0. The van der Waals surface area contributed by atoms with Crippen LogP contribution in [-0.2, 0) is 0 Å². The van der Waals surface area contributed by atoms with Crippen molar-refractivity contribution in [1.82, 2.24) is 4.90 Å². The average Bonchev–Trinajstić information content (AvgIpc) is 3.22. The molecule has 1 saturated heterocycles. The third-order valence-corrected chi connectivity index (χ3v) is 6.22. The van der Waals surface area contributed by atoms with Crippen LogP contribution in [0.2, 0.25) is 19.6 Å². The number of likely N-dealkylation sites (tertiary alicyclic amines) is 1. The van der Waals surface area contributed by atoms with E-state index in [9.17, 15) is 0 Å². The molecule has 0 N–H and O–H groups in total. The van der Waals surface area contributed by atoms with Crippen molar-refractivity contribution in [3.63, 3.8) is 0 Å². The van der Waals surface area contributed by atoms with Crippen LogP contribution < -0.4 is 0 Å². The highest BCUT2D eigenvalue weighted by molar-refractivity contribution is 7.13. The molecule has 3 heterocycles. The molecule has 0 aromatic carbocycles. The molecule has 0 radical (unpaired) electrons. The smallest absolute Gasteiger partial charge is 0.130 e. The van der Waals surface area contributed by atoms with Gasteiger partial charge in [-0.05, 0) is 61.9 Å². The lowest BCUT2D eigenvalue weighted by Crippen LogP contribution is -2.32. The van der Waals surface area contributed by atoms with Crippen molar-refractivity contribution in [2.24, 2.45) is 4.99 Å². The number of rotatable bonds is 2. The minimum absolute atomic E-state index is 0.537. The maximum atomic E-state index is 4.70. The predicted octanol–water partition coefficient (Wildman–Crippen LogP) is 4.26. The van der Waals surface area contributed by atoms with Crippen LogP contribution in [0.4, 0.5) is 0 Å². The molecule has 2 aliphatic heterocycles. The third kappa shape index (κ3) is 4.27. The lowest BCUT2D eigenvalue weighted by molar-refractivity contribution is 0.371.